The molecule has 0 aliphatic rings. The molecule has 3 heterocycles. The first kappa shape index (κ1) is 28.2. The smallest absolute Gasteiger partial charge is 0.164 e. The molecule has 5 nitrogen and oxygen atoms in total. The number of aromatic nitrogens is 3. The van der Waals surface area contributed by atoms with Crippen molar-refractivity contribution in [3.05, 3.63) is 164 Å². The highest BCUT2D eigenvalue weighted by Crippen LogP contribution is 2.44. The lowest BCUT2D eigenvalue weighted by Gasteiger charge is -2.09. The molecule has 0 radical (unpaired) electrons. The molecule has 0 N–H and O–H groups in total. The summed E-state index contributed by atoms with van der Waals surface area (Å²) in [6.45, 7) is 0. The van der Waals surface area contributed by atoms with Crippen molar-refractivity contribution >= 4 is 43.9 Å². The molecule has 10 rings (SSSR count). The Morgan fingerprint density at radius 3 is 1.60 bits per heavy atom. The van der Waals surface area contributed by atoms with Crippen LogP contribution in [0.5, 0.6) is 0 Å². The van der Waals surface area contributed by atoms with Gasteiger partial charge in [-0.05, 0) is 47.0 Å². The topological polar surface area (TPSA) is 65.0 Å². The van der Waals surface area contributed by atoms with Crippen molar-refractivity contribution in [2.45, 2.75) is 0 Å². The Hall–Kier alpha value is -6.85. The monoisotopic (exact) mass is 641 g/mol. The van der Waals surface area contributed by atoms with Gasteiger partial charge in [0.05, 0.1) is 0 Å². The van der Waals surface area contributed by atoms with E-state index >= 15 is 0 Å². The van der Waals surface area contributed by atoms with Gasteiger partial charge in [-0.3, -0.25) is 0 Å². The maximum absolute atomic E-state index is 6.81. The first-order valence-electron chi connectivity index (χ1n) is 16.6. The summed E-state index contributed by atoms with van der Waals surface area (Å²) >= 11 is 0. The van der Waals surface area contributed by atoms with Crippen molar-refractivity contribution in [1.29, 1.82) is 0 Å². The van der Waals surface area contributed by atoms with Crippen LogP contribution in [0.4, 0.5) is 0 Å². The molecule has 0 atom stereocenters. The predicted molar refractivity (Wildman–Crippen MR) is 202 cm³/mol. The standard InChI is InChI=1S/C45H27N3O2/c1-4-13-28(14-5-1)32-25-37(41-36-19-10-11-22-38(36)49-40(41)27-32)35-21-12-20-34-33-24-23-31(26-39(33)50-42(34)35)45-47-43(29-15-6-2-7-16-29)46-44(48-45)30-17-8-3-9-18-30/h1-27H. The average molecular weight is 642 g/mol. The van der Waals surface area contributed by atoms with Crippen molar-refractivity contribution in [3.8, 4) is 56.4 Å². The van der Waals surface area contributed by atoms with Crippen molar-refractivity contribution < 1.29 is 8.83 Å². The van der Waals surface area contributed by atoms with Gasteiger partial charge in [0.1, 0.15) is 22.3 Å². The van der Waals surface area contributed by atoms with Crippen LogP contribution in [0.2, 0.25) is 0 Å². The van der Waals surface area contributed by atoms with Crippen molar-refractivity contribution in [2.75, 3.05) is 0 Å². The van der Waals surface area contributed by atoms with Gasteiger partial charge in [-0.1, -0.05) is 133 Å². The van der Waals surface area contributed by atoms with Crippen LogP contribution < -0.4 is 0 Å². The first-order valence-corrected chi connectivity index (χ1v) is 16.6. The number of benzene rings is 7. The Kier molecular flexibility index (Phi) is 6.42. The number of fused-ring (bicyclic) bond motifs is 6. The molecule has 0 aliphatic heterocycles. The SMILES string of the molecule is c1ccc(-c2cc(-c3cccc4c3oc3cc(-c5nc(-c6ccccc6)nc(-c6ccccc6)n5)ccc34)c3c(c2)oc2ccccc23)cc1. The normalized spacial score (nSPS) is 11.6. The van der Waals surface area contributed by atoms with E-state index in [1.807, 2.05) is 84.9 Å². The highest BCUT2D eigenvalue weighted by Gasteiger charge is 2.20. The van der Waals surface area contributed by atoms with Crippen LogP contribution in [0.15, 0.2) is 173 Å². The minimum Gasteiger partial charge on any atom is -0.456 e. The summed E-state index contributed by atoms with van der Waals surface area (Å²) in [7, 11) is 0. The van der Waals surface area contributed by atoms with E-state index in [4.69, 9.17) is 23.8 Å². The zero-order valence-electron chi connectivity index (χ0n) is 26.7. The summed E-state index contributed by atoms with van der Waals surface area (Å²) in [6, 6.07) is 55.7. The van der Waals surface area contributed by atoms with E-state index in [1.54, 1.807) is 0 Å². The Morgan fingerprint density at radius 1 is 0.320 bits per heavy atom. The lowest BCUT2D eigenvalue weighted by Crippen LogP contribution is -2.00. The molecule has 0 saturated carbocycles. The van der Waals surface area contributed by atoms with Crippen LogP contribution >= 0.6 is 0 Å². The minimum absolute atomic E-state index is 0.586. The van der Waals surface area contributed by atoms with E-state index in [-0.39, 0.29) is 0 Å². The van der Waals surface area contributed by atoms with E-state index in [9.17, 15) is 0 Å². The van der Waals surface area contributed by atoms with E-state index < -0.39 is 0 Å². The van der Waals surface area contributed by atoms with Crippen LogP contribution in [-0.2, 0) is 0 Å². The third-order valence-corrected chi connectivity index (χ3v) is 9.33. The van der Waals surface area contributed by atoms with Gasteiger partial charge in [-0.25, -0.2) is 15.0 Å². The number of furan rings is 2. The van der Waals surface area contributed by atoms with E-state index in [1.165, 1.54) is 0 Å². The maximum atomic E-state index is 6.81. The summed E-state index contributed by atoms with van der Waals surface area (Å²) in [5.41, 5.74) is 10.3. The summed E-state index contributed by atoms with van der Waals surface area (Å²) < 4.78 is 13.3. The maximum Gasteiger partial charge on any atom is 0.164 e. The average Bonchev–Trinajstić information content (AvgIpc) is 3.76. The number of nitrogens with zero attached hydrogens (tertiary/aromatic N) is 3. The third-order valence-electron chi connectivity index (χ3n) is 9.33. The van der Waals surface area contributed by atoms with Crippen LogP contribution in [0.25, 0.3) is 100 Å². The fraction of sp³-hybridized carbons (Fsp3) is 0. The largest absolute Gasteiger partial charge is 0.456 e. The molecule has 0 unspecified atom stereocenters. The molecular formula is C45H27N3O2. The highest BCUT2D eigenvalue weighted by molar-refractivity contribution is 6.18. The Bertz CT molecular complexity index is 2800. The second-order valence-electron chi connectivity index (χ2n) is 12.4. The molecule has 0 fully saturated rings. The third kappa shape index (κ3) is 4.67. The summed E-state index contributed by atoms with van der Waals surface area (Å²) in [4.78, 5) is 14.8. The minimum atomic E-state index is 0.586. The van der Waals surface area contributed by atoms with Gasteiger partial charge in [0, 0.05) is 43.8 Å². The fourth-order valence-corrected chi connectivity index (χ4v) is 6.95. The van der Waals surface area contributed by atoms with Crippen LogP contribution in [0.3, 0.4) is 0 Å². The quantitative estimate of drug-likeness (QED) is 0.187. The van der Waals surface area contributed by atoms with Crippen LogP contribution in [0, 0.1) is 0 Å². The summed E-state index contributed by atoms with van der Waals surface area (Å²) in [6.07, 6.45) is 0. The van der Waals surface area contributed by atoms with E-state index in [2.05, 4.69) is 78.9 Å². The zero-order valence-corrected chi connectivity index (χ0v) is 26.7. The second kappa shape index (κ2) is 11.4. The van der Waals surface area contributed by atoms with Gasteiger partial charge in [-0.2, -0.15) is 0 Å². The molecule has 234 valence electrons. The molecule has 10 aromatic rings. The predicted octanol–water partition coefficient (Wildman–Crippen LogP) is 12.0. The Morgan fingerprint density at radius 2 is 0.900 bits per heavy atom. The lowest BCUT2D eigenvalue weighted by molar-refractivity contribution is 0.669. The Labute approximate surface area is 287 Å². The highest BCUT2D eigenvalue weighted by atomic mass is 16.3. The molecule has 0 bridgehead atoms. The number of rotatable bonds is 5. The van der Waals surface area contributed by atoms with E-state index in [0.717, 1.165) is 82.8 Å². The van der Waals surface area contributed by atoms with Crippen LogP contribution in [0.1, 0.15) is 0 Å². The Balaban J connectivity index is 1.18. The molecule has 5 heteroatoms. The van der Waals surface area contributed by atoms with Crippen molar-refractivity contribution in [2.24, 2.45) is 0 Å². The van der Waals surface area contributed by atoms with E-state index in [0.29, 0.717) is 17.5 Å². The molecule has 50 heavy (non-hydrogen) atoms. The zero-order chi connectivity index (χ0) is 33.0. The summed E-state index contributed by atoms with van der Waals surface area (Å²) in [5, 5.41) is 4.21. The van der Waals surface area contributed by atoms with Gasteiger partial charge >= 0.3 is 0 Å². The van der Waals surface area contributed by atoms with Gasteiger partial charge in [0.15, 0.2) is 17.5 Å². The van der Waals surface area contributed by atoms with Crippen molar-refractivity contribution in [1.82, 2.24) is 15.0 Å². The first-order chi connectivity index (χ1) is 24.8. The van der Waals surface area contributed by atoms with Gasteiger partial charge < -0.3 is 8.83 Å². The van der Waals surface area contributed by atoms with Gasteiger partial charge in [0.2, 0.25) is 0 Å². The molecule has 3 aromatic heterocycles. The number of para-hydroxylation sites is 2. The molecule has 0 amide bonds. The summed E-state index contributed by atoms with van der Waals surface area (Å²) in [5.74, 6) is 1.83. The lowest BCUT2D eigenvalue weighted by atomic mass is 9.93. The van der Waals surface area contributed by atoms with Gasteiger partial charge in [-0.15, -0.1) is 0 Å². The molecular weight excluding hydrogens is 615 g/mol. The number of hydrogen-bond acceptors (Lipinski definition) is 5. The number of hydrogen-bond donors (Lipinski definition) is 0. The van der Waals surface area contributed by atoms with Crippen LogP contribution in [-0.4, -0.2) is 15.0 Å². The van der Waals surface area contributed by atoms with Crippen molar-refractivity contribution in [3.63, 3.8) is 0 Å². The molecule has 0 spiro atoms. The fourth-order valence-electron chi connectivity index (χ4n) is 6.95. The molecule has 0 aliphatic carbocycles. The second-order valence-corrected chi connectivity index (χ2v) is 12.4. The molecule has 0 saturated heterocycles. The van der Waals surface area contributed by atoms with Gasteiger partial charge in [0.25, 0.3) is 0 Å². The molecule has 7 aromatic carbocycles.